The molecule has 0 spiro atoms. The van der Waals surface area contributed by atoms with E-state index >= 15 is 0 Å². The molecule has 2 heterocycles. The molecule has 1 aliphatic heterocycles. The summed E-state index contributed by atoms with van der Waals surface area (Å²) in [5.41, 5.74) is 7.70. The molecule has 21 heavy (non-hydrogen) atoms. The van der Waals surface area contributed by atoms with Crippen LogP contribution in [0.5, 0.6) is 0 Å². The van der Waals surface area contributed by atoms with Gasteiger partial charge in [0.25, 0.3) is 0 Å². The number of nitrogens with two attached hydrogens (primary N) is 1. The number of nitrogens with zero attached hydrogens (tertiary/aromatic N) is 3. The quantitative estimate of drug-likeness (QED) is 0.688. The van der Waals surface area contributed by atoms with Crippen LogP contribution in [0.3, 0.4) is 0 Å². The van der Waals surface area contributed by atoms with E-state index in [0.29, 0.717) is 17.1 Å². The summed E-state index contributed by atoms with van der Waals surface area (Å²) < 4.78 is 7.37. The summed E-state index contributed by atoms with van der Waals surface area (Å²) in [4.78, 5) is 12.1. The van der Waals surface area contributed by atoms with Crippen LogP contribution in [0.4, 0.5) is 5.69 Å². The Kier molecular flexibility index (Phi) is 3.60. The zero-order valence-electron chi connectivity index (χ0n) is 12.0. The third kappa shape index (κ3) is 2.89. The highest BCUT2D eigenvalue weighted by molar-refractivity contribution is 5.90. The lowest BCUT2D eigenvalue weighted by atomic mass is 10.1. The standard InChI is InChI=1S/C15H18N4O2/c1-10-6-11(8-12(16)7-10)15(20)21-9-14-18-17-13-4-2-3-5-19(13)14/h6-8H,2-5,9,16H2,1H3. The first-order valence-electron chi connectivity index (χ1n) is 7.09. The molecule has 6 nitrogen and oxygen atoms in total. The van der Waals surface area contributed by atoms with Gasteiger partial charge in [0, 0.05) is 18.7 Å². The van der Waals surface area contributed by atoms with Gasteiger partial charge in [0.2, 0.25) is 0 Å². The third-order valence-electron chi connectivity index (χ3n) is 3.60. The van der Waals surface area contributed by atoms with Crippen LogP contribution in [0, 0.1) is 6.92 Å². The van der Waals surface area contributed by atoms with Gasteiger partial charge in [-0.05, 0) is 43.5 Å². The van der Waals surface area contributed by atoms with E-state index in [-0.39, 0.29) is 6.61 Å². The highest BCUT2D eigenvalue weighted by Gasteiger charge is 2.17. The van der Waals surface area contributed by atoms with Crippen molar-refractivity contribution in [1.29, 1.82) is 0 Å². The highest BCUT2D eigenvalue weighted by Crippen LogP contribution is 2.16. The van der Waals surface area contributed by atoms with Crippen LogP contribution in [0.1, 0.15) is 40.4 Å². The Labute approximate surface area is 122 Å². The second-order valence-electron chi connectivity index (χ2n) is 5.35. The molecule has 0 amide bonds. The maximum absolute atomic E-state index is 12.1. The zero-order chi connectivity index (χ0) is 14.8. The van der Waals surface area contributed by atoms with E-state index in [2.05, 4.69) is 10.2 Å². The lowest BCUT2D eigenvalue weighted by Gasteiger charge is -2.14. The van der Waals surface area contributed by atoms with E-state index in [1.807, 2.05) is 17.6 Å². The predicted octanol–water partition coefficient (Wildman–Crippen LogP) is 1.86. The first-order valence-corrected chi connectivity index (χ1v) is 7.09. The summed E-state index contributed by atoms with van der Waals surface area (Å²) in [6, 6.07) is 5.19. The van der Waals surface area contributed by atoms with E-state index in [0.717, 1.165) is 37.2 Å². The number of anilines is 1. The Bertz CT molecular complexity index is 658. The number of esters is 1. The molecule has 1 aromatic heterocycles. The Hall–Kier alpha value is -2.37. The number of fused-ring (bicyclic) bond motifs is 1. The van der Waals surface area contributed by atoms with Crippen molar-refractivity contribution in [2.45, 2.75) is 39.3 Å². The van der Waals surface area contributed by atoms with Crippen LogP contribution >= 0.6 is 0 Å². The topological polar surface area (TPSA) is 83.0 Å². The fourth-order valence-corrected chi connectivity index (χ4v) is 2.62. The van der Waals surface area contributed by atoms with Gasteiger partial charge < -0.3 is 15.0 Å². The van der Waals surface area contributed by atoms with Gasteiger partial charge in [-0.3, -0.25) is 0 Å². The molecule has 2 aromatic rings. The minimum atomic E-state index is -0.390. The molecule has 3 rings (SSSR count). The maximum atomic E-state index is 12.1. The maximum Gasteiger partial charge on any atom is 0.338 e. The molecule has 1 aromatic carbocycles. The average molecular weight is 286 g/mol. The molecule has 110 valence electrons. The minimum Gasteiger partial charge on any atom is -0.454 e. The summed E-state index contributed by atoms with van der Waals surface area (Å²) in [6.07, 6.45) is 3.19. The fraction of sp³-hybridized carbons (Fsp3) is 0.400. The number of ether oxygens (including phenoxy) is 1. The van der Waals surface area contributed by atoms with Gasteiger partial charge in [0.1, 0.15) is 5.82 Å². The smallest absolute Gasteiger partial charge is 0.338 e. The van der Waals surface area contributed by atoms with Crippen LogP contribution in [0.25, 0.3) is 0 Å². The summed E-state index contributed by atoms with van der Waals surface area (Å²) in [5, 5.41) is 8.25. The van der Waals surface area contributed by atoms with Crippen LogP contribution in [-0.2, 0) is 24.3 Å². The van der Waals surface area contributed by atoms with Gasteiger partial charge in [0.05, 0.1) is 5.56 Å². The van der Waals surface area contributed by atoms with Crippen molar-refractivity contribution in [3.8, 4) is 0 Å². The second kappa shape index (κ2) is 5.55. The number of aryl methyl sites for hydroxylation is 2. The molecule has 0 fully saturated rings. The molecule has 6 heteroatoms. The number of carbonyl (C=O) groups is 1. The Morgan fingerprint density at radius 2 is 2.19 bits per heavy atom. The van der Waals surface area contributed by atoms with Crippen molar-refractivity contribution in [2.75, 3.05) is 5.73 Å². The zero-order valence-corrected chi connectivity index (χ0v) is 12.0. The number of hydrogen-bond donors (Lipinski definition) is 1. The second-order valence-corrected chi connectivity index (χ2v) is 5.35. The monoisotopic (exact) mass is 286 g/mol. The van der Waals surface area contributed by atoms with Gasteiger partial charge in [-0.1, -0.05) is 0 Å². The van der Waals surface area contributed by atoms with E-state index in [9.17, 15) is 4.79 Å². The molecular weight excluding hydrogens is 268 g/mol. The molecule has 0 saturated carbocycles. The number of benzene rings is 1. The highest BCUT2D eigenvalue weighted by atomic mass is 16.5. The van der Waals surface area contributed by atoms with E-state index in [1.165, 1.54) is 0 Å². The van der Waals surface area contributed by atoms with Gasteiger partial charge in [-0.15, -0.1) is 10.2 Å². The van der Waals surface area contributed by atoms with Crippen molar-refractivity contribution in [3.63, 3.8) is 0 Å². The van der Waals surface area contributed by atoms with Crippen molar-refractivity contribution >= 4 is 11.7 Å². The summed E-state index contributed by atoms with van der Waals surface area (Å²) in [6.45, 7) is 2.92. The molecule has 0 saturated heterocycles. The van der Waals surface area contributed by atoms with Crippen LogP contribution in [-0.4, -0.2) is 20.7 Å². The van der Waals surface area contributed by atoms with Crippen LogP contribution < -0.4 is 5.73 Å². The van der Waals surface area contributed by atoms with Crippen molar-refractivity contribution in [1.82, 2.24) is 14.8 Å². The molecule has 0 bridgehead atoms. The number of nitrogen functional groups attached to an aromatic ring is 1. The normalized spacial score (nSPS) is 13.8. The molecular formula is C15H18N4O2. The SMILES string of the molecule is Cc1cc(N)cc(C(=O)OCc2nnc3n2CCCC3)c1. The summed E-state index contributed by atoms with van der Waals surface area (Å²) in [7, 11) is 0. The van der Waals surface area contributed by atoms with Crippen LogP contribution in [0.15, 0.2) is 18.2 Å². The first-order chi connectivity index (χ1) is 10.1. The molecule has 0 atom stereocenters. The molecule has 0 unspecified atom stereocenters. The average Bonchev–Trinajstić information content (AvgIpc) is 2.87. The molecule has 0 aliphatic carbocycles. The van der Waals surface area contributed by atoms with E-state index < -0.39 is 5.97 Å². The van der Waals surface area contributed by atoms with Gasteiger partial charge in [-0.25, -0.2) is 4.79 Å². The van der Waals surface area contributed by atoms with Crippen molar-refractivity contribution in [3.05, 3.63) is 41.0 Å². The third-order valence-corrected chi connectivity index (χ3v) is 3.60. The van der Waals surface area contributed by atoms with E-state index in [4.69, 9.17) is 10.5 Å². The first kappa shape index (κ1) is 13.6. The summed E-state index contributed by atoms with van der Waals surface area (Å²) in [5.74, 6) is 1.30. The number of aromatic nitrogens is 3. The lowest BCUT2D eigenvalue weighted by Crippen LogP contribution is -2.15. The number of rotatable bonds is 3. The van der Waals surface area contributed by atoms with Crippen LogP contribution in [0.2, 0.25) is 0 Å². The Balaban J connectivity index is 1.70. The lowest BCUT2D eigenvalue weighted by molar-refractivity contribution is 0.0456. The molecule has 0 radical (unpaired) electrons. The van der Waals surface area contributed by atoms with E-state index in [1.54, 1.807) is 12.1 Å². The summed E-state index contributed by atoms with van der Waals surface area (Å²) >= 11 is 0. The minimum absolute atomic E-state index is 0.139. The fourth-order valence-electron chi connectivity index (χ4n) is 2.62. The van der Waals surface area contributed by atoms with Gasteiger partial charge in [-0.2, -0.15) is 0 Å². The number of carbonyl (C=O) groups excluding carboxylic acids is 1. The Morgan fingerprint density at radius 1 is 1.33 bits per heavy atom. The van der Waals surface area contributed by atoms with Gasteiger partial charge in [0.15, 0.2) is 12.4 Å². The molecule has 2 N–H and O–H groups in total. The van der Waals surface area contributed by atoms with Crippen molar-refractivity contribution in [2.24, 2.45) is 0 Å². The van der Waals surface area contributed by atoms with Crippen molar-refractivity contribution < 1.29 is 9.53 Å². The number of hydrogen-bond acceptors (Lipinski definition) is 5. The van der Waals surface area contributed by atoms with Gasteiger partial charge >= 0.3 is 5.97 Å². The Morgan fingerprint density at radius 3 is 3.00 bits per heavy atom. The largest absolute Gasteiger partial charge is 0.454 e. The molecule has 1 aliphatic rings. The predicted molar refractivity (Wildman–Crippen MR) is 77.7 cm³/mol.